The van der Waals surface area contributed by atoms with Crippen LogP contribution >= 0.6 is 0 Å². The fraction of sp³-hybridized carbons (Fsp3) is 0.267. The number of methoxy groups -OCH3 is 2. The van der Waals surface area contributed by atoms with Gasteiger partial charge in [0.1, 0.15) is 5.76 Å². The second-order valence-electron chi connectivity index (χ2n) is 4.41. The van der Waals surface area contributed by atoms with Gasteiger partial charge >= 0.3 is 5.97 Å². The van der Waals surface area contributed by atoms with E-state index in [9.17, 15) is 9.18 Å². The molecular weight excluding hydrogens is 277 g/mol. The molecule has 0 amide bonds. The van der Waals surface area contributed by atoms with Gasteiger partial charge in [0.05, 0.1) is 20.3 Å². The van der Waals surface area contributed by atoms with E-state index in [0.29, 0.717) is 11.4 Å². The molecule has 0 bridgehead atoms. The minimum atomic E-state index is -0.538. The normalized spacial score (nSPS) is 11.8. The molecule has 0 fully saturated rings. The first-order valence-electron chi connectivity index (χ1n) is 6.33. The zero-order chi connectivity index (χ0) is 15.4. The standard InChI is InChI=1S/C15H16FNO4/c1-9(12-6-7-14(21-12)15(18)20-3)17-10-4-5-13(19-2)11(16)8-10/h4-9,17H,1-3H3. The van der Waals surface area contributed by atoms with Gasteiger partial charge in [-0.15, -0.1) is 0 Å². The topological polar surface area (TPSA) is 60.7 Å². The summed E-state index contributed by atoms with van der Waals surface area (Å²) in [6.45, 7) is 1.84. The first kappa shape index (κ1) is 14.9. The lowest BCUT2D eigenvalue weighted by molar-refractivity contribution is 0.0562. The molecule has 112 valence electrons. The van der Waals surface area contributed by atoms with Crippen LogP contribution in [0.1, 0.15) is 29.3 Å². The van der Waals surface area contributed by atoms with Crippen LogP contribution in [-0.4, -0.2) is 20.2 Å². The Kier molecular flexibility index (Phi) is 4.47. The Morgan fingerprint density at radius 3 is 2.67 bits per heavy atom. The van der Waals surface area contributed by atoms with Gasteiger partial charge in [-0.3, -0.25) is 0 Å². The van der Waals surface area contributed by atoms with Crippen LogP contribution in [0.15, 0.2) is 34.7 Å². The SMILES string of the molecule is COC(=O)c1ccc(C(C)Nc2ccc(OC)c(F)c2)o1. The van der Waals surface area contributed by atoms with Gasteiger partial charge in [-0.2, -0.15) is 0 Å². The Bertz CT molecular complexity index is 638. The molecule has 1 atom stereocenters. The maximum absolute atomic E-state index is 13.6. The number of hydrogen-bond acceptors (Lipinski definition) is 5. The maximum atomic E-state index is 13.6. The summed E-state index contributed by atoms with van der Waals surface area (Å²) < 4.78 is 28.4. The van der Waals surface area contributed by atoms with Crippen LogP contribution in [0.5, 0.6) is 5.75 Å². The molecule has 0 saturated carbocycles. The van der Waals surface area contributed by atoms with Gasteiger partial charge in [0, 0.05) is 11.8 Å². The maximum Gasteiger partial charge on any atom is 0.373 e. The van der Waals surface area contributed by atoms with Crippen molar-refractivity contribution in [3.05, 3.63) is 47.7 Å². The monoisotopic (exact) mass is 293 g/mol. The summed E-state index contributed by atoms with van der Waals surface area (Å²) in [5, 5.41) is 3.08. The number of furan rings is 1. The van der Waals surface area contributed by atoms with Crippen molar-refractivity contribution in [3.63, 3.8) is 0 Å². The molecule has 2 aromatic rings. The van der Waals surface area contributed by atoms with Crippen molar-refractivity contribution in [2.24, 2.45) is 0 Å². The number of carbonyl (C=O) groups is 1. The summed E-state index contributed by atoms with van der Waals surface area (Å²) in [7, 11) is 2.69. The Balaban J connectivity index is 2.10. The third kappa shape index (κ3) is 3.34. The van der Waals surface area contributed by atoms with E-state index in [1.165, 1.54) is 32.4 Å². The largest absolute Gasteiger partial charge is 0.494 e. The number of hydrogen-bond donors (Lipinski definition) is 1. The van der Waals surface area contributed by atoms with Crippen molar-refractivity contribution in [2.75, 3.05) is 19.5 Å². The number of nitrogens with one attached hydrogen (secondary N) is 1. The van der Waals surface area contributed by atoms with Crippen LogP contribution in [0, 0.1) is 5.82 Å². The lowest BCUT2D eigenvalue weighted by Crippen LogP contribution is -2.06. The second kappa shape index (κ2) is 6.30. The van der Waals surface area contributed by atoms with Gasteiger partial charge < -0.3 is 19.2 Å². The highest BCUT2D eigenvalue weighted by molar-refractivity contribution is 5.86. The summed E-state index contributed by atoms with van der Waals surface area (Å²) >= 11 is 0. The third-order valence-corrected chi connectivity index (χ3v) is 2.98. The van der Waals surface area contributed by atoms with E-state index in [2.05, 4.69) is 10.1 Å². The summed E-state index contributed by atoms with van der Waals surface area (Å²) in [5.41, 5.74) is 0.580. The molecule has 1 aromatic heterocycles. The predicted octanol–water partition coefficient (Wildman–Crippen LogP) is 3.39. The van der Waals surface area contributed by atoms with E-state index < -0.39 is 11.8 Å². The predicted molar refractivity (Wildman–Crippen MR) is 75.0 cm³/mol. The van der Waals surface area contributed by atoms with Crippen molar-refractivity contribution in [3.8, 4) is 5.75 Å². The van der Waals surface area contributed by atoms with Gasteiger partial charge in [-0.1, -0.05) is 0 Å². The zero-order valence-electron chi connectivity index (χ0n) is 12.0. The Morgan fingerprint density at radius 1 is 1.29 bits per heavy atom. The van der Waals surface area contributed by atoms with Crippen LogP contribution in [-0.2, 0) is 4.74 Å². The zero-order valence-corrected chi connectivity index (χ0v) is 12.0. The quantitative estimate of drug-likeness (QED) is 0.856. The molecule has 1 N–H and O–H groups in total. The summed E-state index contributed by atoms with van der Waals surface area (Å²) in [6.07, 6.45) is 0. The third-order valence-electron chi connectivity index (χ3n) is 2.98. The van der Waals surface area contributed by atoms with Crippen molar-refractivity contribution in [2.45, 2.75) is 13.0 Å². The van der Waals surface area contributed by atoms with Crippen molar-refractivity contribution >= 4 is 11.7 Å². The van der Waals surface area contributed by atoms with Crippen LogP contribution in [0.4, 0.5) is 10.1 Å². The molecule has 1 unspecified atom stereocenters. The lowest BCUT2D eigenvalue weighted by Gasteiger charge is -2.13. The first-order valence-corrected chi connectivity index (χ1v) is 6.33. The molecule has 0 spiro atoms. The average molecular weight is 293 g/mol. The first-order chi connectivity index (χ1) is 10.0. The second-order valence-corrected chi connectivity index (χ2v) is 4.41. The number of benzene rings is 1. The summed E-state index contributed by atoms with van der Waals surface area (Å²) in [5.74, 6) is -0.138. The molecule has 1 aromatic carbocycles. The number of esters is 1. The highest BCUT2D eigenvalue weighted by Crippen LogP contribution is 2.25. The van der Waals surface area contributed by atoms with E-state index in [4.69, 9.17) is 9.15 Å². The van der Waals surface area contributed by atoms with Crippen LogP contribution in [0.3, 0.4) is 0 Å². The Labute approximate surface area is 121 Å². The number of anilines is 1. The molecule has 0 aliphatic rings. The van der Waals surface area contributed by atoms with Gasteiger partial charge in [-0.05, 0) is 31.2 Å². The molecule has 2 rings (SSSR count). The van der Waals surface area contributed by atoms with Gasteiger partial charge in [0.25, 0.3) is 0 Å². The molecule has 0 saturated heterocycles. The summed E-state index contributed by atoms with van der Waals surface area (Å²) in [6, 6.07) is 7.53. The molecule has 6 heteroatoms. The molecule has 5 nitrogen and oxygen atoms in total. The fourth-order valence-corrected chi connectivity index (χ4v) is 1.87. The van der Waals surface area contributed by atoms with Crippen LogP contribution < -0.4 is 10.1 Å². The highest BCUT2D eigenvalue weighted by Gasteiger charge is 2.15. The number of halogens is 1. The lowest BCUT2D eigenvalue weighted by atomic mass is 10.2. The van der Waals surface area contributed by atoms with E-state index in [0.717, 1.165) is 0 Å². The highest BCUT2D eigenvalue weighted by atomic mass is 19.1. The minimum absolute atomic E-state index is 0.127. The smallest absolute Gasteiger partial charge is 0.373 e. The Hall–Kier alpha value is -2.50. The van der Waals surface area contributed by atoms with Crippen LogP contribution in [0.25, 0.3) is 0 Å². The molecule has 0 aliphatic carbocycles. The van der Waals surface area contributed by atoms with Crippen molar-refractivity contribution in [1.82, 2.24) is 0 Å². The number of ether oxygens (including phenoxy) is 2. The molecule has 0 radical (unpaired) electrons. The van der Waals surface area contributed by atoms with E-state index in [-0.39, 0.29) is 17.6 Å². The van der Waals surface area contributed by atoms with Gasteiger partial charge in [0.15, 0.2) is 11.6 Å². The van der Waals surface area contributed by atoms with E-state index in [1.807, 2.05) is 6.92 Å². The summed E-state index contributed by atoms with van der Waals surface area (Å²) in [4.78, 5) is 11.3. The molecule has 21 heavy (non-hydrogen) atoms. The number of carbonyl (C=O) groups excluding carboxylic acids is 1. The van der Waals surface area contributed by atoms with Gasteiger partial charge in [-0.25, -0.2) is 9.18 Å². The number of rotatable bonds is 5. The van der Waals surface area contributed by atoms with Crippen molar-refractivity contribution in [1.29, 1.82) is 0 Å². The average Bonchev–Trinajstić information content (AvgIpc) is 2.96. The van der Waals surface area contributed by atoms with Crippen LogP contribution in [0.2, 0.25) is 0 Å². The van der Waals surface area contributed by atoms with Gasteiger partial charge in [0.2, 0.25) is 5.76 Å². The Morgan fingerprint density at radius 2 is 2.05 bits per heavy atom. The minimum Gasteiger partial charge on any atom is -0.494 e. The molecular formula is C15H16FNO4. The van der Waals surface area contributed by atoms with E-state index >= 15 is 0 Å². The van der Waals surface area contributed by atoms with Crippen molar-refractivity contribution < 1.29 is 23.1 Å². The molecule has 1 heterocycles. The molecule has 0 aliphatic heterocycles. The fourth-order valence-electron chi connectivity index (χ4n) is 1.87. The van der Waals surface area contributed by atoms with E-state index in [1.54, 1.807) is 12.1 Å².